The van der Waals surface area contributed by atoms with E-state index >= 15 is 0 Å². The van der Waals surface area contributed by atoms with Crippen molar-refractivity contribution < 1.29 is 18.0 Å². The Hall–Kier alpha value is -3.17. The van der Waals surface area contributed by atoms with Crippen LogP contribution in [0.2, 0.25) is 0 Å². The first kappa shape index (κ1) is 19.2. The molecule has 2 aromatic heterocycles. The normalized spacial score (nSPS) is 18.6. The summed E-state index contributed by atoms with van der Waals surface area (Å²) < 4.78 is 42.5. The molecule has 29 heavy (non-hydrogen) atoms. The lowest BCUT2D eigenvalue weighted by atomic mass is 9.72. The quantitative estimate of drug-likeness (QED) is 0.672. The van der Waals surface area contributed by atoms with Crippen molar-refractivity contribution in [2.45, 2.75) is 26.1 Å². The summed E-state index contributed by atoms with van der Waals surface area (Å²) in [5, 5.41) is 11.8. The molecule has 10 heteroatoms. The number of hydrogen-bond donors (Lipinski definition) is 0. The van der Waals surface area contributed by atoms with Gasteiger partial charge in [-0.05, 0) is 12.1 Å². The molecule has 0 unspecified atom stereocenters. The lowest BCUT2D eigenvalue weighted by molar-refractivity contribution is -0.137. The maximum absolute atomic E-state index is 13.3. The SMILES string of the molecule is Cn1cc([C@@H]2N(C(=O)c3cn(-c4ccccc4C(F)(F)F)nn3)CC2(C)C)cn1. The number of aryl methyl sites for hydroxylation is 1. The van der Waals surface area contributed by atoms with Gasteiger partial charge in [-0.25, -0.2) is 4.68 Å². The average molecular weight is 404 g/mol. The number of benzene rings is 1. The Bertz CT molecular complexity index is 1070. The molecule has 0 radical (unpaired) electrons. The van der Waals surface area contributed by atoms with Gasteiger partial charge in [0.25, 0.3) is 5.91 Å². The number of rotatable bonds is 3. The molecular weight excluding hydrogens is 385 g/mol. The van der Waals surface area contributed by atoms with Crippen molar-refractivity contribution >= 4 is 5.91 Å². The van der Waals surface area contributed by atoms with Crippen molar-refractivity contribution in [3.63, 3.8) is 0 Å². The number of carbonyl (C=O) groups excluding carboxylic acids is 1. The molecule has 1 saturated heterocycles. The first-order valence-electron chi connectivity index (χ1n) is 8.96. The summed E-state index contributed by atoms with van der Waals surface area (Å²) in [6.45, 7) is 4.59. The second-order valence-electron chi connectivity index (χ2n) is 7.83. The Morgan fingerprint density at radius 1 is 1.21 bits per heavy atom. The van der Waals surface area contributed by atoms with E-state index in [1.54, 1.807) is 22.8 Å². The van der Waals surface area contributed by atoms with Gasteiger partial charge in [0.1, 0.15) is 0 Å². The standard InChI is InChI=1S/C19H19F3N6O/c1-18(2)11-27(16(18)12-8-23-26(3)9-12)17(29)14-10-28(25-24-14)15-7-5-4-6-13(15)19(20,21)22/h4-10,16H,11H2,1-3H3/t16-/m0/s1. The van der Waals surface area contributed by atoms with Gasteiger partial charge in [-0.2, -0.15) is 18.3 Å². The largest absolute Gasteiger partial charge is 0.418 e. The van der Waals surface area contributed by atoms with Gasteiger partial charge in [-0.1, -0.05) is 31.2 Å². The molecule has 1 amide bonds. The molecule has 1 aliphatic rings. The monoisotopic (exact) mass is 404 g/mol. The molecule has 0 spiro atoms. The van der Waals surface area contributed by atoms with E-state index in [4.69, 9.17) is 0 Å². The maximum Gasteiger partial charge on any atom is 0.418 e. The highest BCUT2D eigenvalue weighted by Gasteiger charge is 2.50. The number of hydrogen-bond acceptors (Lipinski definition) is 4. The summed E-state index contributed by atoms with van der Waals surface area (Å²) in [5.41, 5.74) is -0.294. The molecular formula is C19H19F3N6O. The minimum Gasteiger partial charge on any atom is -0.329 e. The lowest BCUT2D eigenvalue weighted by Gasteiger charge is -2.53. The number of alkyl halides is 3. The number of halogens is 3. The molecule has 1 aromatic carbocycles. The van der Waals surface area contributed by atoms with Crippen LogP contribution in [0.15, 0.2) is 42.9 Å². The Labute approximate surface area is 164 Å². The molecule has 0 bridgehead atoms. The van der Waals surface area contributed by atoms with Crippen LogP contribution in [0.3, 0.4) is 0 Å². The molecule has 1 atom stereocenters. The van der Waals surface area contributed by atoms with E-state index < -0.39 is 11.7 Å². The summed E-state index contributed by atoms with van der Waals surface area (Å²) in [6.07, 6.45) is 0.253. The summed E-state index contributed by atoms with van der Waals surface area (Å²) in [5.74, 6) is -0.381. The van der Waals surface area contributed by atoms with Gasteiger partial charge in [0.05, 0.1) is 29.7 Å². The molecule has 3 heterocycles. The van der Waals surface area contributed by atoms with Crippen LogP contribution in [0, 0.1) is 5.41 Å². The Morgan fingerprint density at radius 3 is 2.55 bits per heavy atom. The first-order chi connectivity index (χ1) is 13.6. The summed E-state index contributed by atoms with van der Waals surface area (Å²) in [6, 6.07) is 4.84. The van der Waals surface area contributed by atoms with Crippen LogP contribution >= 0.6 is 0 Å². The molecule has 3 aromatic rings. The summed E-state index contributed by atoms with van der Waals surface area (Å²) in [7, 11) is 1.80. The van der Waals surface area contributed by atoms with E-state index in [2.05, 4.69) is 15.4 Å². The van der Waals surface area contributed by atoms with E-state index in [-0.39, 0.29) is 28.7 Å². The van der Waals surface area contributed by atoms with Gasteiger partial charge in [-0.15, -0.1) is 5.10 Å². The van der Waals surface area contributed by atoms with Crippen molar-refractivity contribution in [2.24, 2.45) is 12.5 Å². The van der Waals surface area contributed by atoms with Gasteiger partial charge in [0, 0.05) is 30.8 Å². The van der Waals surface area contributed by atoms with E-state index in [0.717, 1.165) is 16.3 Å². The third kappa shape index (κ3) is 3.28. The number of para-hydroxylation sites is 1. The van der Waals surface area contributed by atoms with Crippen molar-refractivity contribution in [1.29, 1.82) is 0 Å². The van der Waals surface area contributed by atoms with Crippen LogP contribution in [0.25, 0.3) is 5.69 Å². The molecule has 0 saturated carbocycles. The van der Waals surface area contributed by atoms with E-state index in [1.165, 1.54) is 24.4 Å². The van der Waals surface area contributed by atoms with E-state index in [1.807, 2.05) is 20.0 Å². The highest BCUT2D eigenvalue weighted by Crippen LogP contribution is 2.48. The van der Waals surface area contributed by atoms with Crippen LogP contribution in [0.1, 0.15) is 41.5 Å². The van der Waals surface area contributed by atoms with Gasteiger partial charge >= 0.3 is 6.18 Å². The van der Waals surface area contributed by atoms with Crippen molar-refractivity contribution in [3.05, 3.63) is 59.7 Å². The lowest BCUT2D eigenvalue weighted by Crippen LogP contribution is -2.57. The Morgan fingerprint density at radius 2 is 1.93 bits per heavy atom. The summed E-state index contributed by atoms with van der Waals surface area (Å²) >= 11 is 0. The number of carbonyl (C=O) groups is 1. The minimum atomic E-state index is -4.54. The predicted molar refractivity (Wildman–Crippen MR) is 97.1 cm³/mol. The number of aromatic nitrogens is 5. The van der Waals surface area contributed by atoms with Gasteiger partial charge in [0.2, 0.25) is 0 Å². The first-order valence-corrected chi connectivity index (χ1v) is 8.96. The zero-order chi connectivity index (χ0) is 21.0. The second kappa shape index (κ2) is 6.43. The average Bonchev–Trinajstić information content (AvgIpc) is 3.28. The van der Waals surface area contributed by atoms with Crippen LogP contribution in [-0.2, 0) is 13.2 Å². The fraction of sp³-hybridized carbons (Fsp3) is 0.368. The summed E-state index contributed by atoms with van der Waals surface area (Å²) in [4.78, 5) is 14.6. The molecule has 0 N–H and O–H groups in total. The van der Waals surface area contributed by atoms with Crippen LogP contribution < -0.4 is 0 Å². The highest BCUT2D eigenvalue weighted by molar-refractivity contribution is 5.93. The zero-order valence-electron chi connectivity index (χ0n) is 16.1. The van der Waals surface area contributed by atoms with Crippen molar-refractivity contribution in [1.82, 2.24) is 29.7 Å². The van der Waals surface area contributed by atoms with Gasteiger partial charge < -0.3 is 4.90 Å². The molecule has 1 aliphatic heterocycles. The van der Waals surface area contributed by atoms with Crippen LogP contribution in [0.4, 0.5) is 13.2 Å². The Balaban J connectivity index is 1.63. The van der Waals surface area contributed by atoms with Crippen molar-refractivity contribution in [3.8, 4) is 5.69 Å². The molecule has 152 valence electrons. The van der Waals surface area contributed by atoms with Crippen molar-refractivity contribution in [2.75, 3.05) is 6.54 Å². The smallest absolute Gasteiger partial charge is 0.329 e. The topological polar surface area (TPSA) is 68.8 Å². The highest BCUT2D eigenvalue weighted by atomic mass is 19.4. The third-order valence-electron chi connectivity index (χ3n) is 5.10. The second-order valence-corrected chi connectivity index (χ2v) is 7.83. The van der Waals surface area contributed by atoms with Crippen LogP contribution in [-0.4, -0.2) is 42.1 Å². The number of nitrogens with zero attached hydrogens (tertiary/aromatic N) is 6. The molecule has 1 fully saturated rings. The Kier molecular flexibility index (Phi) is 4.25. The van der Waals surface area contributed by atoms with E-state index in [0.29, 0.717) is 6.54 Å². The van der Waals surface area contributed by atoms with Gasteiger partial charge in [0.15, 0.2) is 5.69 Å². The van der Waals surface area contributed by atoms with E-state index in [9.17, 15) is 18.0 Å². The fourth-order valence-corrected chi connectivity index (χ4v) is 3.87. The third-order valence-corrected chi connectivity index (χ3v) is 5.10. The molecule has 0 aliphatic carbocycles. The van der Waals surface area contributed by atoms with Crippen LogP contribution in [0.5, 0.6) is 0 Å². The number of likely N-dealkylation sites (tertiary alicyclic amines) is 1. The van der Waals surface area contributed by atoms with Gasteiger partial charge in [-0.3, -0.25) is 9.48 Å². The molecule has 4 rings (SSSR count). The molecule has 7 nitrogen and oxygen atoms in total. The maximum atomic E-state index is 13.3. The fourth-order valence-electron chi connectivity index (χ4n) is 3.87. The minimum absolute atomic E-state index is 0.00799. The zero-order valence-corrected chi connectivity index (χ0v) is 16.1. The number of amides is 1. The predicted octanol–water partition coefficient (Wildman–Crippen LogP) is 3.24.